The van der Waals surface area contributed by atoms with E-state index >= 15 is 0 Å². The standard InChI is InChI=1S/C10H23N2.HI/c1-11-9-7-5-6-8-10(9)12(2,3)4;/h9-11H,5-8H2,1-4H3;1H/q+1;/p-1. The molecule has 2 unspecified atom stereocenters. The average Bonchev–Trinajstić information content (AvgIpc) is 2.03. The summed E-state index contributed by atoms with van der Waals surface area (Å²) in [6, 6.07) is 1.54. The van der Waals surface area contributed by atoms with Crippen LogP contribution in [0.15, 0.2) is 0 Å². The highest BCUT2D eigenvalue weighted by Crippen LogP contribution is 2.24. The highest BCUT2D eigenvalue weighted by molar-refractivity contribution is 4.80. The number of nitrogens with zero attached hydrogens (tertiary/aromatic N) is 1. The Morgan fingerprint density at radius 2 is 1.62 bits per heavy atom. The smallest absolute Gasteiger partial charge is 0.104 e. The number of rotatable bonds is 2. The van der Waals surface area contributed by atoms with Gasteiger partial charge in [-0.25, -0.2) is 0 Å². The molecular formula is C10H23IN2. The molecule has 80 valence electrons. The zero-order valence-electron chi connectivity index (χ0n) is 9.31. The first-order valence-corrected chi connectivity index (χ1v) is 5.04. The molecule has 1 aliphatic rings. The molecular weight excluding hydrogens is 275 g/mol. The van der Waals surface area contributed by atoms with Crippen molar-refractivity contribution in [3.63, 3.8) is 0 Å². The normalized spacial score (nSPS) is 29.5. The summed E-state index contributed by atoms with van der Waals surface area (Å²) in [4.78, 5) is 0. The van der Waals surface area contributed by atoms with Crippen LogP contribution < -0.4 is 29.3 Å². The van der Waals surface area contributed by atoms with Gasteiger partial charge in [-0.1, -0.05) is 6.42 Å². The molecule has 1 N–H and O–H groups in total. The van der Waals surface area contributed by atoms with Crippen molar-refractivity contribution in [1.82, 2.24) is 5.32 Å². The Labute approximate surface area is 99.7 Å². The molecule has 0 aromatic carbocycles. The Bertz CT molecular complexity index is 142. The van der Waals surface area contributed by atoms with Gasteiger partial charge < -0.3 is 33.8 Å². The Hall–Kier alpha value is 0.650. The third-order valence-corrected chi connectivity index (χ3v) is 3.10. The fourth-order valence-corrected chi connectivity index (χ4v) is 2.38. The summed E-state index contributed by atoms with van der Waals surface area (Å²) in [5.41, 5.74) is 0. The molecule has 1 aliphatic carbocycles. The molecule has 0 saturated heterocycles. The minimum absolute atomic E-state index is 0. The molecule has 0 aliphatic heterocycles. The van der Waals surface area contributed by atoms with Crippen molar-refractivity contribution in [2.45, 2.75) is 37.8 Å². The van der Waals surface area contributed by atoms with Gasteiger partial charge in [-0.05, 0) is 19.9 Å². The number of quaternary nitrogens is 1. The topological polar surface area (TPSA) is 12.0 Å². The van der Waals surface area contributed by atoms with E-state index in [2.05, 4.69) is 33.5 Å². The summed E-state index contributed by atoms with van der Waals surface area (Å²) in [6.45, 7) is 0. The van der Waals surface area contributed by atoms with Crippen LogP contribution in [0.3, 0.4) is 0 Å². The van der Waals surface area contributed by atoms with Crippen LogP contribution in [0.2, 0.25) is 0 Å². The predicted molar refractivity (Wildman–Crippen MR) is 53.1 cm³/mol. The first-order chi connectivity index (χ1) is 5.55. The van der Waals surface area contributed by atoms with Gasteiger partial charge in [0.05, 0.1) is 27.2 Å². The van der Waals surface area contributed by atoms with Crippen LogP contribution in [0, 0.1) is 0 Å². The van der Waals surface area contributed by atoms with Gasteiger partial charge in [0.1, 0.15) is 6.04 Å². The third kappa shape index (κ3) is 3.72. The third-order valence-electron chi connectivity index (χ3n) is 3.10. The molecule has 0 aromatic heterocycles. The molecule has 1 fully saturated rings. The van der Waals surface area contributed by atoms with Crippen LogP contribution >= 0.6 is 0 Å². The lowest BCUT2D eigenvalue weighted by molar-refractivity contribution is -0.898. The van der Waals surface area contributed by atoms with Crippen molar-refractivity contribution in [1.29, 1.82) is 0 Å². The van der Waals surface area contributed by atoms with Crippen molar-refractivity contribution in [3.05, 3.63) is 0 Å². The maximum atomic E-state index is 3.44. The molecule has 2 nitrogen and oxygen atoms in total. The first-order valence-electron chi connectivity index (χ1n) is 5.04. The maximum absolute atomic E-state index is 3.44. The predicted octanol–water partition coefficient (Wildman–Crippen LogP) is -1.77. The Morgan fingerprint density at radius 1 is 1.08 bits per heavy atom. The van der Waals surface area contributed by atoms with Gasteiger partial charge in [0.2, 0.25) is 0 Å². The van der Waals surface area contributed by atoms with E-state index in [0.717, 1.165) is 16.6 Å². The SMILES string of the molecule is CNC1CCCCC1[N+](C)(C)C.[I-]. The lowest BCUT2D eigenvalue weighted by Gasteiger charge is -2.41. The minimum Gasteiger partial charge on any atom is -1.00 e. The van der Waals surface area contributed by atoms with Crippen molar-refractivity contribution < 1.29 is 28.5 Å². The molecule has 0 heterocycles. The Morgan fingerprint density at radius 3 is 2.00 bits per heavy atom. The number of halogens is 1. The largest absolute Gasteiger partial charge is 1.00 e. The molecule has 1 saturated carbocycles. The van der Waals surface area contributed by atoms with Crippen LogP contribution in [0.25, 0.3) is 0 Å². The Kier molecular flexibility index (Phi) is 5.79. The number of nitrogens with one attached hydrogen (secondary N) is 1. The van der Waals surface area contributed by atoms with Gasteiger partial charge >= 0.3 is 0 Å². The van der Waals surface area contributed by atoms with Crippen molar-refractivity contribution in [2.24, 2.45) is 0 Å². The number of hydrogen-bond donors (Lipinski definition) is 1. The average molecular weight is 298 g/mol. The van der Waals surface area contributed by atoms with Crippen LogP contribution in [0.1, 0.15) is 25.7 Å². The summed E-state index contributed by atoms with van der Waals surface area (Å²) >= 11 is 0. The van der Waals surface area contributed by atoms with Crippen LogP contribution in [0.5, 0.6) is 0 Å². The summed E-state index contributed by atoms with van der Waals surface area (Å²) in [7, 11) is 9.01. The number of hydrogen-bond acceptors (Lipinski definition) is 1. The lowest BCUT2D eigenvalue weighted by Crippen LogP contribution is -3.00. The van der Waals surface area contributed by atoms with E-state index in [1.807, 2.05) is 0 Å². The fraction of sp³-hybridized carbons (Fsp3) is 1.00. The molecule has 1 rings (SSSR count). The molecule has 0 amide bonds. The van der Waals surface area contributed by atoms with E-state index in [0.29, 0.717) is 0 Å². The van der Waals surface area contributed by atoms with E-state index in [9.17, 15) is 0 Å². The Balaban J connectivity index is 0.00000144. The number of likely N-dealkylation sites (N-methyl/N-ethyl adjacent to an activating group) is 2. The van der Waals surface area contributed by atoms with E-state index in [1.54, 1.807) is 0 Å². The van der Waals surface area contributed by atoms with Crippen molar-refractivity contribution >= 4 is 0 Å². The summed E-state index contributed by atoms with van der Waals surface area (Å²) in [5, 5.41) is 3.44. The highest BCUT2D eigenvalue weighted by atomic mass is 127. The van der Waals surface area contributed by atoms with E-state index in [-0.39, 0.29) is 24.0 Å². The fourth-order valence-electron chi connectivity index (χ4n) is 2.38. The quantitative estimate of drug-likeness (QED) is 0.470. The first kappa shape index (κ1) is 13.7. The van der Waals surface area contributed by atoms with Gasteiger partial charge in [-0.15, -0.1) is 0 Å². The molecule has 3 heteroatoms. The van der Waals surface area contributed by atoms with Crippen LogP contribution in [0.4, 0.5) is 0 Å². The second kappa shape index (κ2) is 5.51. The van der Waals surface area contributed by atoms with Crippen molar-refractivity contribution in [2.75, 3.05) is 28.2 Å². The molecule has 0 aromatic rings. The van der Waals surface area contributed by atoms with E-state index in [1.165, 1.54) is 25.7 Å². The summed E-state index contributed by atoms with van der Waals surface area (Å²) in [5.74, 6) is 0. The van der Waals surface area contributed by atoms with Gasteiger partial charge in [-0.3, -0.25) is 0 Å². The molecule has 2 atom stereocenters. The summed E-state index contributed by atoms with van der Waals surface area (Å²) < 4.78 is 1.10. The highest BCUT2D eigenvalue weighted by Gasteiger charge is 2.33. The monoisotopic (exact) mass is 298 g/mol. The van der Waals surface area contributed by atoms with Gasteiger partial charge in [0.25, 0.3) is 0 Å². The molecule has 0 spiro atoms. The molecule has 0 bridgehead atoms. The van der Waals surface area contributed by atoms with Crippen LogP contribution in [-0.2, 0) is 0 Å². The maximum Gasteiger partial charge on any atom is 0.104 e. The second-order valence-electron chi connectivity index (χ2n) is 4.86. The molecule has 0 radical (unpaired) electrons. The van der Waals surface area contributed by atoms with Gasteiger partial charge in [0, 0.05) is 6.42 Å². The second-order valence-corrected chi connectivity index (χ2v) is 4.86. The van der Waals surface area contributed by atoms with Gasteiger partial charge in [-0.2, -0.15) is 0 Å². The molecule has 13 heavy (non-hydrogen) atoms. The summed E-state index contributed by atoms with van der Waals surface area (Å²) in [6.07, 6.45) is 5.56. The lowest BCUT2D eigenvalue weighted by atomic mass is 9.88. The van der Waals surface area contributed by atoms with Crippen LogP contribution in [-0.4, -0.2) is 44.8 Å². The zero-order valence-corrected chi connectivity index (χ0v) is 11.5. The van der Waals surface area contributed by atoms with Crippen molar-refractivity contribution in [3.8, 4) is 0 Å². The van der Waals surface area contributed by atoms with E-state index in [4.69, 9.17) is 0 Å². The zero-order chi connectivity index (χ0) is 9.19. The van der Waals surface area contributed by atoms with Gasteiger partial charge in [0.15, 0.2) is 0 Å². The van der Waals surface area contributed by atoms with E-state index < -0.39 is 0 Å². The minimum atomic E-state index is 0.